The summed E-state index contributed by atoms with van der Waals surface area (Å²) in [4.78, 5) is 26.8. The van der Waals surface area contributed by atoms with Gasteiger partial charge >= 0.3 is 0 Å². The monoisotopic (exact) mass is 373 g/mol. The maximum atomic E-state index is 12.3. The van der Waals surface area contributed by atoms with Gasteiger partial charge < -0.3 is 15.4 Å². The second-order valence-corrected chi connectivity index (χ2v) is 7.86. The van der Waals surface area contributed by atoms with Gasteiger partial charge in [-0.3, -0.25) is 14.5 Å². The van der Waals surface area contributed by atoms with E-state index in [1.54, 1.807) is 0 Å². The molecule has 0 aromatic heterocycles. The number of nitrogens with zero attached hydrogens (tertiary/aromatic N) is 1. The molecule has 2 aliphatic heterocycles. The van der Waals surface area contributed by atoms with Crippen LogP contribution in [0.1, 0.15) is 36.8 Å². The van der Waals surface area contributed by atoms with Crippen LogP contribution in [0.4, 0.5) is 5.69 Å². The van der Waals surface area contributed by atoms with Crippen molar-refractivity contribution in [2.24, 2.45) is 5.92 Å². The maximum absolute atomic E-state index is 12.3. The molecule has 2 heterocycles. The summed E-state index contributed by atoms with van der Waals surface area (Å²) in [6.45, 7) is 7.41. The summed E-state index contributed by atoms with van der Waals surface area (Å²) >= 11 is 0. The van der Waals surface area contributed by atoms with Crippen molar-refractivity contribution < 1.29 is 14.3 Å². The highest BCUT2D eigenvalue weighted by Crippen LogP contribution is 2.19. The van der Waals surface area contributed by atoms with Crippen LogP contribution in [0.15, 0.2) is 18.2 Å². The number of amides is 2. The molecule has 0 saturated carbocycles. The van der Waals surface area contributed by atoms with Gasteiger partial charge in [-0.05, 0) is 75.9 Å². The van der Waals surface area contributed by atoms with Gasteiger partial charge in [-0.15, -0.1) is 0 Å². The number of carbonyl (C=O) groups is 2. The highest BCUT2D eigenvalue weighted by atomic mass is 16.5. The summed E-state index contributed by atoms with van der Waals surface area (Å²) in [5, 5.41) is 6.01. The molecule has 2 fully saturated rings. The van der Waals surface area contributed by atoms with Crippen LogP contribution < -0.4 is 10.6 Å². The van der Waals surface area contributed by atoms with Crippen molar-refractivity contribution in [2.75, 3.05) is 38.1 Å². The highest BCUT2D eigenvalue weighted by molar-refractivity contribution is 5.92. The normalized spacial score (nSPS) is 21.2. The zero-order valence-electron chi connectivity index (χ0n) is 16.4. The molecule has 27 heavy (non-hydrogen) atoms. The van der Waals surface area contributed by atoms with E-state index in [9.17, 15) is 9.59 Å². The van der Waals surface area contributed by atoms with E-state index in [1.165, 1.54) is 0 Å². The summed E-state index contributed by atoms with van der Waals surface area (Å²) in [7, 11) is 0. The van der Waals surface area contributed by atoms with Gasteiger partial charge in [0, 0.05) is 24.8 Å². The third kappa shape index (κ3) is 6.04. The Kier molecular flexibility index (Phi) is 6.85. The molecule has 6 nitrogen and oxygen atoms in total. The number of aryl methyl sites for hydroxylation is 2. The molecule has 1 aromatic rings. The zero-order valence-corrected chi connectivity index (χ0v) is 16.4. The molecule has 0 radical (unpaired) electrons. The fraction of sp³-hybridized carbons (Fsp3) is 0.619. The van der Waals surface area contributed by atoms with Crippen molar-refractivity contribution in [3.8, 4) is 0 Å². The first-order valence-corrected chi connectivity index (χ1v) is 9.99. The van der Waals surface area contributed by atoms with Crippen LogP contribution in [0.5, 0.6) is 0 Å². The van der Waals surface area contributed by atoms with Gasteiger partial charge in [0.05, 0.1) is 12.6 Å². The van der Waals surface area contributed by atoms with Gasteiger partial charge in [-0.2, -0.15) is 0 Å². The number of anilines is 1. The minimum Gasteiger partial charge on any atom is -0.376 e. The van der Waals surface area contributed by atoms with E-state index in [4.69, 9.17) is 4.74 Å². The third-order valence-electron chi connectivity index (χ3n) is 5.36. The first-order chi connectivity index (χ1) is 13.0. The van der Waals surface area contributed by atoms with E-state index < -0.39 is 0 Å². The predicted octanol–water partition coefficient (Wildman–Crippen LogP) is 2.25. The van der Waals surface area contributed by atoms with Crippen LogP contribution >= 0.6 is 0 Å². The van der Waals surface area contributed by atoms with Crippen molar-refractivity contribution in [3.05, 3.63) is 29.3 Å². The number of hydrogen-bond donors (Lipinski definition) is 2. The second kappa shape index (κ2) is 9.33. The standard InChI is InChI=1S/C21H31N3O3/c1-15-10-16(2)12-18(11-15)23-20(25)14-24-7-5-17(6-8-24)21(26)22-13-19-4-3-9-27-19/h10-12,17,19H,3-9,13-14H2,1-2H3,(H,22,26)(H,23,25)/t19-/m1/s1. The predicted molar refractivity (Wildman–Crippen MR) is 106 cm³/mol. The third-order valence-corrected chi connectivity index (χ3v) is 5.36. The zero-order chi connectivity index (χ0) is 19.2. The average Bonchev–Trinajstić information content (AvgIpc) is 3.13. The van der Waals surface area contributed by atoms with Gasteiger partial charge in [-0.25, -0.2) is 0 Å². The minimum absolute atomic E-state index is 0.00119. The lowest BCUT2D eigenvalue weighted by Gasteiger charge is -2.31. The molecule has 2 aliphatic rings. The molecule has 6 heteroatoms. The summed E-state index contributed by atoms with van der Waals surface area (Å²) in [6.07, 6.45) is 3.91. The van der Waals surface area contributed by atoms with Gasteiger partial charge in [0.25, 0.3) is 0 Å². The summed E-state index contributed by atoms with van der Waals surface area (Å²) in [5.41, 5.74) is 3.13. The summed E-state index contributed by atoms with van der Waals surface area (Å²) in [6, 6.07) is 6.05. The number of benzene rings is 1. The Morgan fingerprint density at radius 3 is 2.44 bits per heavy atom. The molecule has 1 aromatic carbocycles. The molecule has 0 unspecified atom stereocenters. The molecule has 2 saturated heterocycles. The lowest BCUT2D eigenvalue weighted by Crippen LogP contribution is -2.44. The number of hydrogen-bond acceptors (Lipinski definition) is 4. The largest absolute Gasteiger partial charge is 0.376 e. The van der Waals surface area contributed by atoms with Crippen LogP contribution in [0.3, 0.4) is 0 Å². The molecule has 0 spiro atoms. The molecule has 2 N–H and O–H groups in total. The van der Waals surface area contributed by atoms with Crippen LogP contribution in [-0.2, 0) is 14.3 Å². The van der Waals surface area contributed by atoms with Crippen molar-refractivity contribution in [1.29, 1.82) is 0 Å². The Labute approximate surface area is 161 Å². The Hall–Kier alpha value is -1.92. The van der Waals surface area contributed by atoms with Gasteiger partial charge in [-0.1, -0.05) is 6.07 Å². The Morgan fingerprint density at radius 2 is 1.81 bits per heavy atom. The first kappa shape index (κ1) is 19.8. The van der Waals surface area contributed by atoms with Crippen LogP contribution in [-0.4, -0.2) is 55.6 Å². The molecule has 2 amide bonds. The van der Waals surface area contributed by atoms with Crippen molar-refractivity contribution in [1.82, 2.24) is 10.2 Å². The van der Waals surface area contributed by atoms with E-state index in [2.05, 4.69) is 21.6 Å². The first-order valence-electron chi connectivity index (χ1n) is 9.99. The van der Waals surface area contributed by atoms with Crippen molar-refractivity contribution in [2.45, 2.75) is 45.6 Å². The van der Waals surface area contributed by atoms with E-state index in [0.717, 1.165) is 62.2 Å². The fourth-order valence-electron chi connectivity index (χ4n) is 3.97. The van der Waals surface area contributed by atoms with E-state index in [0.29, 0.717) is 13.1 Å². The second-order valence-electron chi connectivity index (χ2n) is 7.86. The average molecular weight is 373 g/mol. The Morgan fingerprint density at radius 1 is 1.11 bits per heavy atom. The number of ether oxygens (including phenoxy) is 1. The van der Waals surface area contributed by atoms with E-state index in [1.807, 2.05) is 26.0 Å². The number of likely N-dealkylation sites (tertiary alicyclic amines) is 1. The molecule has 3 rings (SSSR count). The lowest BCUT2D eigenvalue weighted by molar-refractivity contribution is -0.127. The van der Waals surface area contributed by atoms with Crippen LogP contribution in [0.2, 0.25) is 0 Å². The Balaban J connectivity index is 1.38. The molecule has 1 atom stereocenters. The SMILES string of the molecule is Cc1cc(C)cc(NC(=O)CN2CCC(C(=O)NC[C@H]3CCCO3)CC2)c1. The smallest absolute Gasteiger partial charge is 0.238 e. The van der Waals surface area contributed by atoms with Crippen molar-refractivity contribution in [3.63, 3.8) is 0 Å². The number of carbonyl (C=O) groups excluding carboxylic acids is 2. The minimum atomic E-state index is 0.00119. The lowest BCUT2D eigenvalue weighted by atomic mass is 9.96. The molecular formula is C21H31N3O3. The summed E-state index contributed by atoms with van der Waals surface area (Å²) < 4.78 is 5.55. The number of rotatable bonds is 6. The number of piperidine rings is 1. The topological polar surface area (TPSA) is 70.7 Å². The quantitative estimate of drug-likeness (QED) is 0.802. The van der Waals surface area contributed by atoms with Crippen LogP contribution in [0.25, 0.3) is 0 Å². The van der Waals surface area contributed by atoms with Crippen LogP contribution in [0, 0.1) is 19.8 Å². The molecule has 0 aliphatic carbocycles. The summed E-state index contributed by atoms with van der Waals surface area (Å²) in [5.74, 6) is 0.177. The molecule has 0 bridgehead atoms. The fourth-order valence-corrected chi connectivity index (χ4v) is 3.97. The number of nitrogens with one attached hydrogen (secondary N) is 2. The molecule has 148 valence electrons. The highest BCUT2D eigenvalue weighted by Gasteiger charge is 2.26. The van der Waals surface area contributed by atoms with Crippen molar-refractivity contribution >= 4 is 17.5 Å². The van der Waals surface area contributed by atoms with E-state index in [-0.39, 0.29) is 23.8 Å². The van der Waals surface area contributed by atoms with E-state index >= 15 is 0 Å². The maximum Gasteiger partial charge on any atom is 0.238 e. The van der Waals surface area contributed by atoms with Gasteiger partial charge in [0.2, 0.25) is 11.8 Å². The molecular weight excluding hydrogens is 342 g/mol. The van der Waals surface area contributed by atoms with Gasteiger partial charge in [0.15, 0.2) is 0 Å². The van der Waals surface area contributed by atoms with Gasteiger partial charge in [0.1, 0.15) is 0 Å². The Bertz CT molecular complexity index is 642.